The van der Waals surface area contributed by atoms with Gasteiger partial charge in [0.2, 0.25) is 5.95 Å². The van der Waals surface area contributed by atoms with Crippen LogP contribution in [0.2, 0.25) is 0 Å². The molecule has 0 saturated carbocycles. The van der Waals surface area contributed by atoms with E-state index in [0.29, 0.717) is 11.9 Å². The Kier molecular flexibility index (Phi) is 4.83. The van der Waals surface area contributed by atoms with Crippen LogP contribution in [0.5, 0.6) is 0 Å². The molecule has 5 nitrogen and oxygen atoms in total. The van der Waals surface area contributed by atoms with Gasteiger partial charge >= 0.3 is 0 Å². The lowest BCUT2D eigenvalue weighted by atomic mass is 9.82. The Bertz CT molecular complexity index is 712. The minimum absolute atomic E-state index is 0.330. The number of nitrogen functional groups attached to an aromatic ring is 1. The van der Waals surface area contributed by atoms with Gasteiger partial charge < -0.3 is 16.0 Å². The number of hydrogen-bond acceptors (Lipinski definition) is 5. The molecular weight excluding hydrogens is 310 g/mol. The molecule has 1 aromatic carbocycles. The predicted molar refractivity (Wildman–Crippen MR) is 102 cm³/mol. The Hall–Kier alpha value is -2.14. The quantitative estimate of drug-likeness (QED) is 0.793. The first kappa shape index (κ1) is 16.3. The topological polar surface area (TPSA) is 67.1 Å². The van der Waals surface area contributed by atoms with Crippen LogP contribution in [0, 0.1) is 0 Å². The number of nitrogens with two attached hydrogens (primary N) is 1. The molecule has 1 aromatic heterocycles. The third-order valence-corrected chi connectivity index (χ3v) is 5.40. The minimum atomic E-state index is 0.330. The van der Waals surface area contributed by atoms with E-state index >= 15 is 0 Å². The highest BCUT2D eigenvalue weighted by molar-refractivity contribution is 5.53. The van der Waals surface area contributed by atoms with Gasteiger partial charge in [0.15, 0.2) is 0 Å². The lowest BCUT2D eigenvalue weighted by Gasteiger charge is -2.30. The fourth-order valence-corrected chi connectivity index (χ4v) is 3.94. The van der Waals surface area contributed by atoms with Crippen LogP contribution in [0.15, 0.2) is 30.3 Å². The van der Waals surface area contributed by atoms with Gasteiger partial charge in [-0.25, -0.2) is 4.98 Å². The fourth-order valence-electron chi connectivity index (χ4n) is 3.94. The van der Waals surface area contributed by atoms with E-state index < -0.39 is 0 Å². The molecule has 1 atom stereocenters. The summed E-state index contributed by atoms with van der Waals surface area (Å²) in [6.07, 6.45) is 5.82. The van der Waals surface area contributed by atoms with E-state index in [1.165, 1.54) is 43.6 Å². The third-order valence-electron chi connectivity index (χ3n) is 5.40. The molecule has 1 aliphatic heterocycles. The maximum absolute atomic E-state index is 6.04. The lowest BCUT2D eigenvalue weighted by Crippen LogP contribution is -2.38. The highest BCUT2D eigenvalue weighted by Crippen LogP contribution is 2.38. The van der Waals surface area contributed by atoms with E-state index in [9.17, 15) is 0 Å². The van der Waals surface area contributed by atoms with E-state index in [-0.39, 0.29) is 0 Å². The van der Waals surface area contributed by atoms with Crippen LogP contribution >= 0.6 is 0 Å². The first-order valence-corrected chi connectivity index (χ1v) is 9.49. The van der Waals surface area contributed by atoms with Crippen molar-refractivity contribution in [1.82, 2.24) is 14.9 Å². The second-order valence-electron chi connectivity index (χ2n) is 7.13. The standard InChI is InChI=1S/C20H27N5/c21-20-23-18-16(15-7-2-1-3-8-15)9-4-10-17(18)19(24-20)22-11-5-12-25-13-6-14-25/h1-3,7-8,16H,4-6,9-14H2,(H3,21,22,23,24). The highest BCUT2D eigenvalue weighted by atomic mass is 15.2. The Balaban J connectivity index is 1.51. The molecule has 0 amide bonds. The van der Waals surface area contributed by atoms with Gasteiger partial charge in [-0.1, -0.05) is 30.3 Å². The molecule has 2 heterocycles. The van der Waals surface area contributed by atoms with Crippen molar-refractivity contribution in [3.05, 3.63) is 47.2 Å². The number of likely N-dealkylation sites (tertiary alicyclic amines) is 1. The molecule has 3 N–H and O–H groups in total. The molecule has 4 rings (SSSR count). The zero-order valence-corrected chi connectivity index (χ0v) is 14.7. The van der Waals surface area contributed by atoms with E-state index in [2.05, 4.69) is 50.5 Å². The number of aromatic nitrogens is 2. The molecule has 25 heavy (non-hydrogen) atoms. The molecule has 2 aliphatic rings. The summed E-state index contributed by atoms with van der Waals surface area (Å²) in [5.74, 6) is 1.66. The summed E-state index contributed by atoms with van der Waals surface area (Å²) < 4.78 is 0. The van der Waals surface area contributed by atoms with Crippen LogP contribution in [-0.2, 0) is 6.42 Å². The van der Waals surface area contributed by atoms with Gasteiger partial charge in [0.05, 0.1) is 5.69 Å². The van der Waals surface area contributed by atoms with Gasteiger partial charge in [0, 0.05) is 18.0 Å². The molecule has 0 radical (unpaired) electrons. The van der Waals surface area contributed by atoms with E-state index in [1.807, 2.05) is 0 Å². The van der Waals surface area contributed by atoms with Gasteiger partial charge in [-0.2, -0.15) is 4.98 Å². The molecular formula is C20H27N5. The number of hydrogen-bond donors (Lipinski definition) is 2. The van der Waals surface area contributed by atoms with E-state index in [0.717, 1.165) is 37.3 Å². The SMILES string of the molecule is Nc1nc(NCCCN2CCC2)c2c(n1)C(c1ccccc1)CCC2. The van der Waals surface area contributed by atoms with Crippen molar-refractivity contribution in [2.75, 3.05) is 37.2 Å². The van der Waals surface area contributed by atoms with Crippen LogP contribution in [0.3, 0.4) is 0 Å². The van der Waals surface area contributed by atoms with Crippen LogP contribution in [-0.4, -0.2) is 41.0 Å². The Morgan fingerprint density at radius 3 is 2.72 bits per heavy atom. The molecule has 1 saturated heterocycles. The molecule has 1 aliphatic carbocycles. The summed E-state index contributed by atoms with van der Waals surface area (Å²) in [7, 11) is 0. The van der Waals surface area contributed by atoms with Crippen LogP contribution in [0.25, 0.3) is 0 Å². The monoisotopic (exact) mass is 337 g/mol. The first-order valence-electron chi connectivity index (χ1n) is 9.49. The number of rotatable bonds is 6. The Labute approximate surface area is 149 Å². The van der Waals surface area contributed by atoms with Crippen molar-refractivity contribution in [2.45, 2.75) is 38.0 Å². The van der Waals surface area contributed by atoms with Gasteiger partial charge in [-0.3, -0.25) is 0 Å². The van der Waals surface area contributed by atoms with Crippen molar-refractivity contribution in [3.8, 4) is 0 Å². The smallest absolute Gasteiger partial charge is 0.222 e. The zero-order valence-electron chi connectivity index (χ0n) is 14.7. The van der Waals surface area contributed by atoms with Crippen molar-refractivity contribution in [3.63, 3.8) is 0 Å². The number of nitrogens with zero attached hydrogens (tertiary/aromatic N) is 3. The van der Waals surface area contributed by atoms with Gasteiger partial charge in [0.25, 0.3) is 0 Å². The van der Waals surface area contributed by atoms with Crippen molar-refractivity contribution < 1.29 is 0 Å². The average molecular weight is 337 g/mol. The Morgan fingerprint density at radius 2 is 1.96 bits per heavy atom. The Morgan fingerprint density at radius 1 is 1.12 bits per heavy atom. The lowest BCUT2D eigenvalue weighted by molar-refractivity contribution is 0.181. The van der Waals surface area contributed by atoms with E-state index in [1.54, 1.807) is 0 Å². The van der Waals surface area contributed by atoms with Crippen molar-refractivity contribution >= 4 is 11.8 Å². The molecule has 5 heteroatoms. The summed E-state index contributed by atoms with van der Waals surface area (Å²) >= 11 is 0. The minimum Gasteiger partial charge on any atom is -0.370 e. The maximum Gasteiger partial charge on any atom is 0.222 e. The second-order valence-corrected chi connectivity index (χ2v) is 7.13. The number of anilines is 2. The van der Waals surface area contributed by atoms with Gasteiger partial charge in [-0.15, -0.1) is 0 Å². The number of nitrogens with one attached hydrogen (secondary N) is 1. The fraction of sp³-hybridized carbons (Fsp3) is 0.500. The summed E-state index contributed by atoms with van der Waals surface area (Å²) in [5, 5.41) is 3.53. The predicted octanol–water partition coefficient (Wildman–Crippen LogP) is 3.03. The van der Waals surface area contributed by atoms with Crippen molar-refractivity contribution in [1.29, 1.82) is 0 Å². The second kappa shape index (κ2) is 7.40. The maximum atomic E-state index is 6.04. The average Bonchev–Trinajstić information content (AvgIpc) is 2.60. The zero-order chi connectivity index (χ0) is 17.1. The van der Waals surface area contributed by atoms with Crippen LogP contribution in [0.1, 0.15) is 48.4 Å². The first-order chi connectivity index (χ1) is 12.3. The van der Waals surface area contributed by atoms with E-state index in [4.69, 9.17) is 5.73 Å². The molecule has 0 bridgehead atoms. The summed E-state index contributed by atoms with van der Waals surface area (Å²) in [5.41, 5.74) is 9.74. The third kappa shape index (κ3) is 3.61. The van der Waals surface area contributed by atoms with Gasteiger partial charge in [-0.05, 0) is 57.3 Å². The number of fused-ring (bicyclic) bond motifs is 1. The summed E-state index contributed by atoms with van der Waals surface area (Å²) in [4.78, 5) is 11.6. The van der Waals surface area contributed by atoms with Crippen molar-refractivity contribution in [2.24, 2.45) is 0 Å². The molecule has 1 unspecified atom stereocenters. The van der Waals surface area contributed by atoms with Gasteiger partial charge in [0.1, 0.15) is 5.82 Å². The highest BCUT2D eigenvalue weighted by Gasteiger charge is 2.26. The normalized spacial score (nSPS) is 19.9. The molecule has 132 valence electrons. The number of benzene rings is 1. The molecule has 0 spiro atoms. The molecule has 1 fully saturated rings. The summed E-state index contributed by atoms with van der Waals surface area (Å²) in [6, 6.07) is 10.6. The van der Waals surface area contributed by atoms with Crippen LogP contribution in [0.4, 0.5) is 11.8 Å². The largest absolute Gasteiger partial charge is 0.370 e. The summed E-state index contributed by atoms with van der Waals surface area (Å²) in [6.45, 7) is 4.63. The molecule has 2 aromatic rings. The van der Waals surface area contributed by atoms with Crippen LogP contribution < -0.4 is 11.1 Å².